The van der Waals surface area contributed by atoms with Crippen LogP contribution >= 0.6 is 0 Å². The molecule has 7 nitrogen and oxygen atoms in total. The summed E-state index contributed by atoms with van der Waals surface area (Å²) in [5, 5.41) is 21.4. The zero-order valence-electron chi connectivity index (χ0n) is 16.1. The first-order valence-corrected chi connectivity index (χ1v) is 8.96. The molecule has 0 aromatic carbocycles. The van der Waals surface area contributed by atoms with E-state index in [1.807, 2.05) is 0 Å². The molecule has 3 heterocycles. The number of hydrogen-bond donors (Lipinski definition) is 2. The molecule has 2 aliphatic heterocycles. The number of esters is 2. The Balaban J connectivity index is 2.22. The van der Waals surface area contributed by atoms with Crippen LogP contribution in [0.25, 0.3) is 0 Å². The van der Waals surface area contributed by atoms with E-state index in [1.54, 1.807) is 19.9 Å². The molecule has 7 heteroatoms. The molecule has 5 atom stereocenters. The molecule has 0 saturated carbocycles. The number of ether oxygens (including phenoxy) is 2. The summed E-state index contributed by atoms with van der Waals surface area (Å²) in [6.07, 6.45) is -1.98. The standard InChI is InChI=1S/C21H24O7/c1-9(2)11-6-14-12(20(24)26-5)7-15(27-14)17(10(3)4)16-8-13(21(25)28-16)19(23)18(11)22/h7-8,11,16-19,22-23H,1,3,6H2,2,4-5H3/t11-,16-,17+,18-,19+/m1/s1. The fraction of sp³-hybridized carbons (Fsp3) is 0.429. The summed E-state index contributed by atoms with van der Waals surface area (Å²) >= 11 is 0. The second-order valence-electron chi connectivity index (χ2n) is 7.39. The molecule has 1 aromatic heterocycles. The topological polar surface area (TPSA) is 106 Å². The number of furan rings is 1. The van der Waals surface area contributed by atoms with Crippen molar-refractivity contribution in [1.29, 1.82) is 0 Å². The molecule has 0 unspecified atom stereocenters. The predicted octanol–water partition coefficient (Wildman–Crippen LogP) is 2.05. The lowest BCUT2D eigenvalue weighted by Crippen LogP contribution is -2.38. The van der Waals surface area contributed by atoms with Crippen molar-refractivity contribution in [3.8, 4) is 0 Å². The van der Waals surface area contributed by atoms with Crippen molar-refractivity contribution in [3.63, 3.8) is 0 Å². The van der Waals surface area contributed by atoms with Crippen LogP contribution in [0.3, 0.4) is 0 Å². The van der Waals surface area contributed by atoms with Gasteiger partial charge in [-0.15, -0.1) is 0 Å². The van der Waals surface area contributed by atoms with Crippen molar-refractivity contribution in [2.24, 2.45) is 5.92 Å². The number of carbonyl (C=O) groups excluding carboxylic acids is 2. The Kier molecular flexibility index (Phi) is 5.32. The van der Waals surface area contributed by atoms with E-state index >= 15 is 0 Å². The van der Waals surface area contributed by atoms with E-state index in [9.17, 15) is 19.8 Å². The van der Waals surface area contributed by atoms with Gasteiger partial charge in [0, 0.05) is 12.3 Å². The summed E-state index contributed by atoms with van der Waals surface area (Å²) in [5.74, 6) is -1.80. The van der Waals surface area contributed by atoms with Gasteiger partial charge >= 0.3 is 11.9 Å². The van der Waals surface area contributed by atoms with E-state index in [0.717, 1.165) is 0 Å². The van der Waals surface area contributed by atoms with Crippen molar-refractivity contribution in [2.75, 3.05) is 7.11 Å². The smallest absolute Gasteiger partial charge is 0.341 e. The molecule has 0 amide bonds. The first kappa shape index (κ1) is 20.1. The molecule has 28 heavy (non-hydrogen) atoms. The van der Waals surface area contributed by atoms with Gasteiger partial charge in [-0.2, -0.15) is 0 Å². The number of fused-ring (bicyclic) bond motifs is 3. The fourth-order valence-corrected chi connectivity index (χ4v) is 3.77. The molecule has 0 saturated heterocycles. The molecule has 0 fully saturated rings. The quantitative estimate of drug-likeness (QED) is 0.603. The summed E-state index contributed by atoms with van der Waals surface area (Å²) in [6, 6.07) is 1.56. The van der Waals surface area contributed by atoms with Crippen LogP contribution in [0.15, 0.2) is 46.4 Å². The average Bonchev–Trinajstić information content (AvgIpc) is 3.20. The van der Waals surface area contributed by atoms with E-state index in [0.29, 0.717) is 22.7 Å². The van der Waals surface area contributed by atoms with Crippen LogP contribution in [0, 0.1) is 5.92 Å². The maximum atomic E-state index is 12.3. The molecular formula is C21H24O7. The minimum atomic E-state index is -1.46. The maximum absolute atomic E-state index is 12.3. The molecule has 0 radical (unpaired) electrons. The Hall–Kier alpha value is -2.64. The second kappa shape index (κ2) is 7.41. The highest BCUT2D eigenvalue weighted by molar-refractivity contribution is 5.93. The second-order valence-corrected chi connectivity index (χ2v) is 7.39. The number of rotatable bonds is 3. The number of methoxy groups -OCH3 is 1. The minimum Gasteiger partial charge on any atom is -0.465 e. The highest BCUT2D eigenvalue weighted by Crippen LogP contribution is 2.39. The molecular weight excluding hydrogens is 364 g/mol. The van der Waals surface area contributed by atoms with Crippen LogP contribution in [0.1, 0.15) is 41.6 Å². The van der Waals surface area contributed by atoms with Gasteiger partial charge in [0.1, 0.15) is 29.3 Å². The van der Waals surface area contributed by atoms with Gasteiger partial charge in [0.25, 0.3) is 0 Å². The van der Waals surface area contributed by atoms with E-state index in [1.165, 1.54) is 13.2 Å². The SMILES string of the molecule is C=C(C)[C@H]1Cc2oc(cc2C(=O)OC)[C@H](C(=C)C)[C@H]2C=C(C(=O)O2)[C@H](O)[C@@H]1O. The van der Waals surface area contributed by atoms with Crippen LogP contribution in [-0.2, 0) is 20.7 Å². The van der Waals surface area contributed by atoms with Crippen molar-refractivity contribution in [1.82, 2.24) is 0 Å². The van der Waals surface area contributed by atoms with Gasteiger partial charge < -0.3 is 24.1 Å². The highest BCUT2D eigenvalue weighted by Gasteiger charge is 2.43. The lowest BCUT2D eigenvalue weighted by atomic mass is 9.84. The van der Waals surface area contributed by atoms with Crippen molar-refractivity contribution in [2.45, 2.75) is 44.5 Å². The number of carbonyl (C=O) groups is 2. The van der Waals surface area contributed by atoms with Crippen LogP contribution in [0.2, 0.25) is 0 Å². The minimum absolute atomic E-state index is 0.00413. The Morgan fingerprint density at radius 2 is 1.93 bits per heavy atom. The van der Waals surface area contributed by atoms with Gasteiger partial charge in [-0.05, 0) is 26.0 Å². The van der Waals surface area contributed by atoms with E-state index in [2.05, 4.69) is 13.2 Å². The van der Waals surface area contributed by atoms with E-state index in [4.69, 9.17) is 13.9 Å². The number of aliphatic hydroxyl groups is 2. The van der Waals surface area contributed by atoms with Gasteiger partial charge in [-0.1, -0.05) is 24.3 Å². The van der Waals surface area contributed by atoms with Crippen molar-refractivity contribution < 1.29 is 33.7 Å². The van der Waals surface area contributed by atoms with E-state index in [-0.39, 0.29) is 17.6 Å². The largest absolute Gasteiger partial charge is 0.465 e. The van der Waals surface area contributed by atoms with Crippen molar-refractivity contribution in [3.05, 3.63) is 59.1 Å². The predicted molar refractivity (Wildman–Crippen MR) is 99.6 cm³/mol. The Bertz CT molecular complexity index is 875. The summed E-state index contributed by atoms with van der Waals surface area (Å²) in [4.78, 5) is 24.6. The molecule has 4 bridgehead atoms. The summed E-state index contributed by atoms with van der Waals surface area (Å²) < 4.78 is 16.2. The number of hydrogen-bond acceptors (Lipinski definition) is 7. The molecule has 0 aliphatic carbocycles. The van der Waals surface area contributed by atoms with E-state index < -0.39 is 42.1 Å². The van der Waals surface area contributed by atoms with Crippen LogP contribution in [0.5, 0.6) is 0 Å². The van der Waals surface area contributed by atoms with Gasteiger partial charge in [-0.3, -0.25) is 0 Å². The van der Waals surface area contributed by atoms with Gasteiger partial charge in [0.05, 0.1) is 24.7 Å². The third-order valence-electron chi connectivity index (χ3n) is 5.31. The van der Waals surface area contributed by atoms with Crippen LogP contribution < -0.4 is 0 Å². The molecule has 1 aromatic rings. The highest BCUT2D eigenvalue weighted by atomic mass is 16.6. The first-order valence-electron chi connectivity index (χ1n) is 8.96. The fourth-order valence-electron chi connectivity index (χ4n) is 3.77. The maximum Gasteiger partial charge on any atom is 0.341 e. The summed E-state index contributed by atoms with van der Waals surface area (Å²) in [6.45, 7) is 11.3. The Labute approximate surface area is 162 Å². The van der Waals surface area contributed by atoms with Gasteiger partial charge in [0.2, 0.25) is 0 Å². The first-order chi connectivity index (χ1) is 13.1. The Morgan fingerprint density at radius 3 is 2.50 bits per heavy atom. The molecule has 2 aliphatic rings. The summed E-state index contributed by atoms with van der Waals surface area (Å²) in [5.41, 5.74) is 1.43. The average molecular weight is 388 g/mol. The summed E-state index contributed by atoms with van der Waals surface area (Å²) in [7, 11) is 1.26. The zero-order valence-corrected chi connectivity index (χ0v) is 16.1. The van der Waals surface area contributed by atoms with Crippen LogP contribution in [0.4, 0.5) is 0 Å². The van der Waals surface area contributed by atoms with Crippen LogP contribution in [-0.4, -0.2) is 47.6 Å². The monoisotopic (exact) mass is 388 g/mol. The van der Waals surface area contributed by atoms with Gasteiger partial charge in [0.15, 0.2) is 0 Å². The van der Waals surface area contributed by atoms with Gasteiger partial charge in [-0.25, -0.2) is 9.59 Å². The van der Waals surface area contributed by atoms with Crippen molar-refractivity contribution >= 4 is 11.9 Å². The zero-order chi connectivity index (χ0) is 20.7. The lowest BCUT2D eigenvalue weighted by molar-refractivity contribution is -0.142. The molecule has 0 spiro atoms. The molecule has 150 valence electrons. The lowest BCUT2D eigenvalue weighted by Gasteiger charge is -2.27. The molecule has 2 N–H and O–H groups in total. The third-order valence-corrected chi connectivity index (χ3v) is 5.31. The Morgan fingerprint density at radius 1 is 1.25 bits per heavy atom. The third kappa shape index (κ3) is 3.31. The molecule has 3 rings (SSSR count). The normalized spacial score (nSPS) is 29.4. The number of aliphatic hydroxyl groups excluding tert-OH is 2.